The largest absolute Gasteiger partial charge is 0.444 e. The SMILES string of the molecule is C=N/C(Nc1ccc(C2CCCCC2)cc1)=C1/CN(C(=O)OC(C)(C)C)C/C1=N/CN1CCOC(CCC)C1. The lowest BCUT2D eigenvalue weighted by Crippen LogP contribution is -2.42. The van der Waals surface area contributed by atoms with Crippen LogP contribution in [-0.2, 0) is 9.47 Å². The number of hydrogen-bond donors (Lipinski definition) is 1. The van der Waals surface area contributed by atoms with Gasteiger partial charge in [0.2, 0.25) is 0 Å². The number of aliphatic imine (C=N–C) groups is 2. The zero-order chi connectivity index (χ0) is 27.8. The summed E-state index contributed by atoms with van der Waals surface area (Å²) >= 11 is 0. The maximum atomic E-state index is 13.0. The number of amides is 1. The lowest BCUT2D eigenvalue weighted by Gasteiger charge is -2.31. The predicted molar refractivity (Wildman–Crippen MR) is 159 cm³/mol. The van der Waals surface area contributed by atoms with Crippen molar-refractivity contribution < 1.29 is 14.3 Å². The lowest BCUT2D eigenvalue weighted by atomic mass is 9.84. The minimum atomic E-state index is -0.569. The van der Waals surface area contributed by atoms with E-state index in [1.54, 1.807) is 4.90 Å². The van der Waals surface area contributed by atoms with Crippen molar-refractivity contribution in [3.05, 3.63) is 41.2 Å². The van der Waals surface area contributed by atoms with E-state index in [2.05, 4.69) is 53.1 Å². The smallest absolute Gasteiger partial charge is 0.410 e. The number of benzene rings is 1. The Morgan fingerprint density at radius 2 is 1.90 bits per heavy atom. The van der Waals surface area contributed by atoms with E-state index >= 15 is 0 Å². The molecule has 2 saturated heterocycles. The summed E-state index contributed by atoms with van der Waals surface area (Å²) in [6.07, 6.45) is 8.61. The lowest BCUT2D eigenvalue weighted by molar-refractivity contribution is -0.0311. The van der Waals surface area contributed by atoms with Gasteiger partial charge in [-0.15, -0.1) is 0 Å². The van der Waals surface area contributed by atoms with Crippen molar-refractivity contribution in [3.63, 3.8) is 0 Å². The van der Waals surface area contributed by atoms with Crippen molar-refractivity contribution in [1.29, 1.82) is 0 Å². The standard InChI is InChI=1S/C31H47N5O3/c1-6-10-26-19-35(17-18-38-26)22-33-28-21-36(30(37)39-31(2,3)4)20-27(28)29(32-5)34-25-15-13-24(14-16-25)23-11-8-7-9-12-23/h13-16,23,26,34H,5-12,17-22H2,1-4H3/b29-27+,33-28-. The van der Waals surface area contributed by atoms with Gasteiger partial charge in [-0.1, -0.05) is 44.7 Å². The van der Waals surface area contributed by atoms with E-state index in [1.807, 2.05) is 20.8 Å². The fourth-order valence-corrected chi connectivity index (χ4v) is 5.64. The van der Waals surface area contributed by atoms with Gasteiger partial charge in [-0.3, -0.25) is 14.8 Å². The molecule has 8 nitrogen and oxygen atoms in total. The fourth-order valence-electron chi connectivity index (χ4n) is 5.64. The van der Waals surface area contributed by atoms with Gasteiger partial charge < -0.3 is 14.8 Å². The van der Waals surface area contributed by atoms with Crippen molar-refractivity contribution in [2.24, 2.45) is 9.98 Å². The van der Waals surface area contributed by atoms with Gasteiger partial charge >= 0.3 is 6.09 Å². The highest BCUT2D eigenvalue weighted by Gasteiger charge is 2.33. The Bertz CT molecular complexity index is 1040. The maximum absolute atomic E-state index is 13.0. The molecule has 1 unspecified atom stereocenters. The normalized spacial score (nSPS) is 23.6. The fraction of sp³-hybridized carbons (Fsp3) is 0.645. The summed E-state index contributed by atoms with van der Waals surface area (Å²) in [5, 5.41) is 3.46. The van der Waals surface area contributed by atoms with E-state index in [9.17, 15) is 4.79 Å². The highest BCUT2D eigenvalue weighted by atomic mass is 16.6. The molecule has 0 radical (unpaired) electrons. The number of ether oxygens (including phenoxy) is 2. The molecule has 1 aliphatic carbocycles. The molecule has 1 N–H and O–H groups in total. The van der Waals surface area contributed by atoms with E-state index in [0.29, 0.717) is 31.5 Å². The van der Waals surface area contributed by atoms with Crippen molar-refractivity contribution in [2.45, 2.75) is 90.3 Å². The molecule has 0 spiro atoms. The Morgan fingerprint density at radius 3 is 2.56 bits per heavy atom. The van der Waals surface area contributed by atoms with Gasteiger partial charge in [0.25, 0.3) is 0 Å². The topological polar surface area (TPSA) is 78.8 Å². The van der Waals surface area contributed by atoms with E-state index in [-0.39, 0.29) is 12.2 Å². The third-order valence-electron chi connectivity index (χ3n) is 7.68. The first kappa shape index (κ1) is 29.3. The molecule has 1 amide bonds. The van der Waals surface area contributed by atoms with Gasteiger partial charge in [0.05, 0.1) is 38.2 Å². The molecule has 4 rings (SSSR count). The number of anilines is 1. The van der Waals surface area contributed by atoms with Crippen molar-refractivity contribution in [2.75, 3.05) is 44.8 Å². The van der Waals surface area contributed by atoms with Gasteiger partial charge in [0.15, 0.2) is 0 Å². The maximum Gasteiger partial charge on any atom is 0.410 e. The third kappa shape index (κ3) is 8.39. The number of carbonyl (C=O) groups excluding carboxylic acids is 1. The number of morpholine rings is 1. The molecular weight excluding hydrogens is 490 g/mol. The van der Waals surface area contributed by atoms with Crippen LogP contribution in [0.25, 0.3) is 0 Å². The second-order valence-corrected chi connectivity index (χ2v) is 12.0. The summed E-state index contributed by atoms with van der Waals surface area (Å²) in [6, 6.07) is 8.69. The predicted octanol–water partition coefficient (Wildman–Crippen LogP) is 6.21. The van der Waals surface area contributed by atoms with E-state index in [4.69, 9.17) is 14.5 Å². The van der Waals surface area contributed by atoms with Crippen molar-refractivity contribution in [1.82, 2.24) is 9.80 Å². The quantitative estimate of drug-likeness (QED) is 0.399. The molecule has 3 aliphatic rings. The monoisotopic (exact) mass is 537 g/mol. The summed E-state index contributed by atoms with van der Waals surface area (Å²) in [7, 11) is 0. The first-order valence-electron chi connectivity index (χ1n) is 14.7. The van der Waals surface area contributed by atoms with Crippen LogP contribution >= 0.6 is 0 Å². The van der Waals surface area contributed by atoms with E-state index in [1.165, 1.54) is 37.7 Å². The van der Waals surface area contributed by atoms with Crippen LogP contribution in [0.4, 0.5) is 10.5 Å². The molecule has 3 fully saturated rings. The summed E-state index contributed by atoms with van der Waals surface area (Å²) in [5.74, 6) is 1.30. The zero-order valence-electron chi connectivity index (χ0n) is 24.4. The van der Waals surface area contributed by atoms with Crippen molar-refractivity contribution >= 4 is 24.2 Å². The molecule has 0 bridgehead atoms. The van der Waals surface area contributed by atoms with Gasteiger partial charge in [-0.25, -0.2) is 9.79 Å². The third-order valence-corrected chi connectivity index (χ3v) is 7.68. The first-order chi connectivity index (χ1) is 18.8. The summed E-state index contributed by atoms with van der Waals surface area (Å²) < 4.78 is 11.6. The van der Waals surface area contributed by atoms with Crippen LogP contribution in [0.1, 0.15) is 84.1 Å². The van der Waals surface area contributed by atoms with Gasteiger partial charge in [0, 0.05) is 24.4 Å². The van der Waals surface area contributed by atoms with Gasteiger partial charge in [-0.2, -0.15) is 0 Å². The number of nitrogens with zero attached hydrogens (tertiary/aromatic N) is 4. The average molecular weight is 538 g/mol. The van der Waals surface area contributed by atoms with Gasteiger partial charge in [0.1, 0.15) is 11.4 Å². The van der Waals surface area contributed by atoms with E-state index in [0.717, 1.165) is 49.5 Å². The van der Waals surface area contributed by atoms with Crippen molar-refractivity contribution in [3.8, 4) is 0 Å². The number of carbonyl (C=O) groups is 1. The molecule has 8 heteroatoms. The highest BCUT2D eigenvalue weighted by molar-refractivity contribution is 6.07. The van der Waals surface area contributed by atoms with Crippen LogP contribution in [0, 0.1) is 0 Å². The molecule has 2 aliphatic heterocycles. The van der Waals surface area contributed by atoms with E-state index < -0.39 is 5.60 Å². The first-order valence-corrected chi connectivity index (χ1v) is 14.7. The van der Waals surface area contributed by atoms with Crippen LogP contribution < -0.4 is 5.32 Å². The Morgan fingerprint density at radius 1 is 1.15 bits per heavy atom. The minimum Gasteiger partial charge on any atom is -0.444 e. The molecule has 0 aromatic heterocycles. The molecule has 39 heavy (non-hydrogen) atoms. The molecule has 2 heterocycles. The second-order valence-electron chi connectivity index (χ2n) is 12.0. The molecule has 1 atom stereocenters. The highest BCUT2D eigenvalue weighted by Crippen LogP contribution is 2.33. The van der Waals surface area contributed by atoms with Crippen LogP contribution in [-0.4, -0.2) is 79.5 Å². The number of likely N-dealkylation sites (tertiary alicyclic amines) is 1. The molecule has 1 aromatic rings. The van der Waals surface area contributed by atoms with Crippen LogP contribution in [0.2, 0.25) is 0 Å². The average Bonchev–Trinajstić information content (AvgIpc) is 3.35. The Kier molecular flexibility index (Phi) is 10.2. The number of nitrogens with one attached hydrogen (secondary N) is 1. The Balaban J connectivity index is 1.53. The van der Waals surface area contributed by atoms with Crippen LogP contribution in [0.3, 0.4) is 0 Å². The minimum absolute atomic E-state index is 0.254. The van der Waals surface area contributed by atoms with Gasteiger partial charge in [-0.05, 0) is 70.4 Å². The summed E-state index contributed by atoms with van der Waals surface area (Å²) in [5.41, 5.74) is 3.52. The second kappa shape index (κ2) is 13.6. The summed E-state index contributed by atoms with van der Waals surface area (Å²) in [4.78, 5) is 26.3. The Hall–Kier alpha value is -2.71. The molecular formula is C31H47N5O3. The molecule has 1 saturated carbocycles. The number of hydrogen-bond acceptors (Lipinski definition) is 7. The van der Waals surface area contributed by atoms with Crippen LogP contribution in [0.15, 0.2) is 45.6 Å². The Labute approximate surface area is 234 Å². The zero-order valence-corrected chi connectivity index (χ0v) is 24.4. The van der Waals surface area contributed by atoms with Crippen LogP contribution in [0.5, 0.6) is 0 Å². The molecule has 1 aromatic carbocycles. The number of rotatable bonds is 8. The summed E-state index contributed by atoms with van der Waals surface area (Å²) in [6.45, 7) is 15.4. The molecule has 214 valence electrons.